The number of imidazole rings is 1. The maximum atomic E-state index is 11.4. The van der Waals surface area contributed by atoms with E-state index < -0.39 is 0 Å². The molecule has 0 unspecified atom stereocenters. The van der Waals surface area contributed by atoms with Crippen LogP contribution in [0.1, 0.15) is 25.7 Å². The molecular weight excluding hydrogens is 446 g/mol. The summed E-state index contributed by atoms with van der Waals surface area (Å²) in [5, 5.41) is 8.51. The number of nitrogens with one attached hydrogen (secondary N) is 1. The number of likely N-dealkylation sites (tertiary alicyclic amines) is 1. The van der Waals surface area contributed by atoms with E-state index in [-0.39, 0.29) is 11.9 Å². The molecule has 35 heavy (non-hydrogen) atoms. The zero-order chi connectivity index (χ0) is 23.9. The van der Waals surface area contributed by atoms with Gasteiger partial charge in [0.15, 0.2) is 11.4 Å². The number of aromatic nitrogens is 4. The number of carbonyl (C=O) groups is 1. The molecule has 4 aromatic rings. The maximum Gasteiger partial charge on any atom is 0.231 e. The van der Waals surface area contributed by atoms with Gasteiger partial charge in [0.25, 0.3) is 0 Å². The molecule has 0 spiro atoms. The quantitative estimate of drug-likeness (QED) is 0.454. The van der Waals surface area contributed by atoms with Crippen LogP contribution in [0.4, 0.5) is 5.69 Å². The highest BCUT2D eigenvalue weighted by Crippen LogP contribution is 2.34. The number of furan rings is 1. The third-order valence-corrected chi connectivity index (χ3v) is 7.14. The fourth-order valence-corrected chi connectivity index (χ4v) is 5.03. The van der Waals surface area contributed by atoms with Gasteiger partial charge in [-0.2, -0.15) is 0 Å². The second kappa shape index (κ2) is 8.84. The summed E-state index contributed by atoms with van der Waals surface area (Å²) in [6.45, 7) is 2.59. The smallest absolute Gasteiger partial charge is 0.231 e. The van der Waals surface area contributed by atoms with Crippen LogP contribution < -0.4 is 15.0 Å². The van der Waals surface area contributed by atoms with Gasteiger partial charge in [0, 0.05) is 31.8 Å². The predicted molar refractivity (Wildman–Crippen MR) is 132 cm³/mol. The minimum absolute atomic E-state index is 0.0173. The molecule has 6 heterocycles. The molecule has 0 saturated carbocycles. The van der Waals surface area contributed by atoms with Gasteiger partial charge in [-0.3, -0.25) is 4.79 Å². The lowest BCUT2D eigenvalue weighted by Gasteiger charge is -2.36. The Balaban J connectivity index is 1.29. The van der Waals surface area contributed by atoms with Crippen molar-refractivity contribution in [3.8, 4) is 17.3 Å². The van der Waals surface area contributed by atoms with E-state index in [9.17, 15) is 4.79 Å². The molecule has 1 atom stereocenters. The summed E-state index contributed by atoms with van der Waals surface area (Å²) in [4.78, 5) is 25.1. The van der Waals surface area contributed by atoms with Crippen molar-refractivity contribution in [2.24, 2.45) is 0 Å². The Kier molecular flexibility index (Phi) is 5.52. The molecule has 0 bridgehead atoms. The number of anilines is 1. The third-order valence-electron chi connectivity index (χ3n) is 7.14. The number of fused-ring (bicyclic) bond motifs is 2. The lowest BCUT2D eigenvalue weighted by atomic mass is 10.0. The van der Waals surface area contributed by atoms with E-state index in [1.54, 1.807) is 23.0 Å². The summed E-state index contributed by atoms with van der Waals surface area (Å²) >= 11 is 0. The Hall–Kier alpha value is -3.66. The van der Waals surface area contributed by atoms with Gasteiger partial charge in [-0.25, -0.2) is 14.5 Å². The zero-order valence-corrected chi connectivity index (χ0v) is 20.0. The number of hydrogen-bond acceptors (Lipinski definition) is 8. The van der Waals surface area contributed by atoms with Crippen LogP contribution in [0, 0.1) is 0 Å². The zero-order valence-electron chi connectivity index (χ0n) is 20.0. The Morgan fingerprint density at radius 2 is 2.06 bits per heavy atom. The standard InChI is InChI=1S/C25H29N7O3/c1-30-11-8-17(9-12-30)31(2)19-7-10-26-25-18(19)13-21(35-25)20-14-27-22-4-6-24(29-32(20)22)34-15-16-3-5-23(33)28-16/h4,6-7,10,13-14,16-17H,3,5,8-9,11-12,15H2,1-2H3,(H,28,33)/t16-/m1/s1. The van der Waals surface area contributed by atoms with Crippen LogP contribution in [0.25, 0.3) is 28.2 Å². The van der Waals surface area contributed by atoms with Crippen molar-refractivity contribution in [1.82, 2.24) is 29.8 Å². The summed E-state index contributed by atoms with van der Waals surface area (Å²) in [6.07, 6.45) is 7.13. The van der Waals surface area contributed by atoms with Crippen molar-refractivity contribution in [1.29, 1.82) is 0 Å². The van der Waals surface area contributed by atoms with Crippen LogP contribution in [-0.2, 0) is 4.79 Å². The molecule has 2 fully saturated rings. The molecular formula is C25H29N7O3. The molecule has 2 saturated heterocycles. The second-order valence-electron chi connectivity index (χ2n) is 9.50. The van der Waals surface area contributed by atoms with E-state index in [1.165, 1.54) is 0 Å². The molecule has 6 rings (SSSR count). The largest absolute Gasteiger partial charge is 0.474 e. The number of ether oxygens (including phenoxy) is 1. The Bertz CT molecular complexity index is 1370. The highest BCUT2D eigenvalue weighted by Gasteiger charge is 2.24. The predicted octanol–water partition coefficient (Wildman–Crippen LogP) is 2.73. The summed E-state index contributed by atoms with van der Waals surface area (Å²) < 4.78 is 13.8. The Morgan fingerprint density at radius 1 is 1.20 bits per heavy atom. The first-order valence-corrected chi connectivity index (χ1v) is 12.1. The lowest BCUT2D eigenvalue weighted by Crippen LogP contribution is -2.42. The van der Waals surface area contributed by atoms with E-state index in [2.05, 4.69) is 50.3 Å². The fraction of sp³-hybridized carbons (Fsp3) is 0.440. The molecule has 0 radical (unpaired) electrons. The van der Waals surface area contributed by atoms with Gasteiger partial charge in [-0.15, -0.1) is 5.10 Å². The number of rotatable bonds is 6. The second-order valence-corrected chi connectivity index (χ2v) is 9.50. The normalized spacial score (nSPS) is 19.5. The lowest BCUT2D eigenvalue weighted by molar-refractivity contribution is -0.119. The number of amides is 1. The van der Waals surface area contributed by atoms with Gasteiger partial charge < -0.3 is 24.3 Å². The summed E-state index contributed by atoms with van der Waals surface area (Å²) in [5.74, 6) is 1.19. The molecule has 182 valence electrons. The van der Waals surface area contributed by atoms with Crippen molar-refractivity contribution in [2.45, 2.75) is 37.8 Å². The average molecular weight is 476 g/mol. The fourth-order valence-electron chi connectivity index (χ4n) is 5.03. The van der Waals surface area contributed by atoms with Crippen molar-refractivity contribution < 1.29 is 13.9 Å². The topological polar surface area (TPSA) is 101 Å². The van der Waals surface area contributed by atoms with E-state index >= 15 is 0 Å². The van der Waals surface area contributed by atoms with E-state index in [0.717, 1.165) is 49.1 Å². The van der Waals surface area contributed by atoms with Gasteiger partial charge in [0.05, 0.1) is 23.3 Å². The first-order chi connectivity index (χ1) is 17.0. The summed E-state index contributed by atoms with van der Waals surface area (Å²) in [7, 11) is 4.33. The molecule has 4 aromatic heterocycles. The molecule has 1 amide bonds. The number of nitrogens with zero attached hydrogens (tertiary/aromatic N) is 6. The van der Waals surface area contributed by atoms with Crippen molar-refractivity contribution in [2.75, 3.05) is 38.7 Å². The van der Waals surface area contributed by atoms with Crippen molar-refractivity contribution >= 4 is 28.3 Å². The highest BCUT2D eigenvalue weighted by atomic mass is 16.5. The molecule has 10 heteroatoms. The van der Waals surface area contributed by atoms with Crippen LogP contribution in [0.5, 0.6) is 5.88 Å². The Morgan fingerprint density at radius 3 is 2.86 bits per heavy atom. The Labute approximate surface area is 202 Å². The minimum atomic E-state index is 0.0173. The summed E-state index contributed by atoms with van der Waals surface area (Å²) in [6, 6.07) is 8.23. The number of pyridine rings is 1. The van der Waals surface area contributed by atoms with Crippen LogP contribution in [0.2, 0.25) is 0 Å². The van der Waals surface area contributed by atoms with Gasteiger partial charge >= 0.3 is 0 Å². The molecule has 2 aliphatic rings. The highest BCUT2D eigenvalue weighted by molar-refractivity contribution is 5.91. The minimum Gasteiger partial charge on any atom is -0.474 e. The number of piperidine rings is 1. The van der Waals surface area contributed by atoms with E-state index in [1.807, 2.05) is 12.1 Å². The molecule has 1 N–H and O–H groups in total. The van der Waals surface area contributed by atoms with Gasteiger partial charge in [-0.05, 0) is 57.6 Å². The van der Waals surface area contributed by atoms with E-state index in [0.29, 0.717) is 42.1 Å². The monoisotopic (exact) mass is 475 g/mol. The van der Waals surface area contributed by atoms with Crippen molar-refractivity contribution in [3.05, 3.63) is 36.7 Å². The first kappa shape index (κ1) is 21.8. The van der Waals surface area contributed by atoms with Crippen LogP contribution in [0.3, 0.4) is 0 Å². The summed E-state index contributed by atoms with van der Waals surface area (Å²) in [5.41, 5.74) is 3.13. The van der Waals surface area contributed by atoms with E-state index in [4.69, 9.17) is 9.15 Å². The molecule has 2 aliphatic heterocycles. The SMILES string of the molecule is CN1CCC(N(C)c2ccnc3oc(-c4cnc5ccc(OC[C@H]6CCC(=O)N6)nn45)cc23)CC1. The maximum absolute atomic E-state index is 11.4. The van der Waals surface area contributed by atoms with Crippen LogP contribution in [-0.4, -0.2) is 76.3 Å². The average Bonchev–Trinajstić information content (AvgIpc) is 3.59. The van der Waals surface area contributed by atoms with Crippen molar-refractivity contribution in [3.63, 3.8) is 0 Å². The van der Waals surface area contributed by atoms with Gasteiger partial charge in [-0.1, -0.05) is 0 Å². The van der Waals surface area contributed by atoms with Gasteiger partial charge in [0.2, 0.25) is 17.5 Å². The molecule has 0 aromatic carbocycles. The molecule has 10 nitrogen and oxygen atoms in total. The van der Waals surface area contributed by atoms with Gasteiger partial charge in [0.1, 0.15) is 12.3 Å². The first-order valence-electron chi connectivity index (χ1n) is 12.1. The molecule has 0 aliphatic carbocycles. The van der Waals surface area contributed by atoms with Crippen LogP contribution in [0.15, 0.2) is 41.1 Å². The third kappa shape index (κ3) is 4.18. The van der Waals surface area contributed by atoms with Crippen LogP contribution >= 0.6 is 0 Å². The number of hydrogen-bond donors (Lipinski definition) is 1. The number of carbonyl (C=O) groups excluding carboxylic acids is 1.